The number of carbonyl (C=O) groups is 2. The zero-order chi connectivity index (χ0) is 14.6. The Kier molecular flexibility index (Phi) is 5.17. The van der Waals surface area contributed by atoms with Crippen molar-refractivity contribution in [1.29, 1.82) is 0 Å². The molecule has 1 aliphatic heterocycles. The maximum atomic E-state index is 12.5. The van der Waals surface area contributed by atoms with Gasteiger partial charge in [0.2, 0.25) is 0 Å². The minimum absolute atomic E-state index is 0.0306. The number of nitrogens with two attached hydrogens (primary N) is 1. The number of carbonyl (C=O) groups excluding carboxylic acids is 1. The van der Waals surface area contributed by atoms with Crippen molar-refractivity contribution in [2.45, 2.75) is 39.2 Å². The fraction of sp³-hybridized carbons (Fsp3) is 0.846. The van der Waals surface area contributed by atoms with E-state index in [0.717, 1.165) is 6.42 Å². The lowest BCUT2D eigenvalue weighted by atomic mass is 10.1. The fourth-order valence-corrected chi connectivity index (χ4v) is 2.29. The van der Waals surface area contributed by atoms with Crippen molar-refractivity contribution < 1.29 is 14.7 Å². The van der Waals surface area contributed by atoms with Crippen LogP contribution >= 0.6 is 0 Å². The van der Waals surface area contributed by atoms with Crippen LogP contribution in [-0.4, -0.2) is 58.6 Å². The van der Waals surface area contributed by atoms with E-state index in [1.807, 2.05) is 20.8 Å². The van der Waals surface area contributed by atoms with Crippen LogP contribution in [-0.2, 0) is 4.79 Å². The van der Waals surface area contributed by atoms with Gasteiger partial charge in [-0.15, -0.1) is 0 Å². The molecule has 0 radical (unpaired) electrons. The number of hydrogen-bond acceptors (Lipinski definition) is 3. The number of amides is 2. The fourth-order valence-electron chi connectivity index (χ4n) is 2.29. The van der Waals surface area contributed by atoms with Crippen molar-refractivity contribution in [2.24, 2.45) is 11.7 Å². The summed E-state index contributed by atoms with van der Waals surface area (Å²) in [5.41, 5.74) is 5.25. The Labute approximate surface area is 114 Å². The molecule has 1 heterocycles. The highest BCUT2D eigenvalue weighted by atomic mass is 16.4. The Morgan fingerprint density at radius 2 is 2.05 bits per heavy atom. The molecule has 0 aromatic carbocycles. The minimum Gasteiger partial charge on any atom is -0.481 e. The van der Waals surface area contributed by atoms with Crippen molar-refractivity contribution in [3.63, 3.8) is 0 Å². The van der Waals surface area contributed by atoms with Crippen LogP contribution in [0.25, 0.3) is 0 Å². The summed E-state index contributed by atoms with van der Waals surface area (Å²) in [6.45, 7) is 7.97. The molecule has 1 atom stereocenters. The van der Waals surface area contributed by atoms with Gasteiger partial charge in [0, 0.05) is 25.2 Å². The average Bonchev–Trinajstić information content (AvgIpc) is 2.75. The van der Waals surface area contributed by atoms with Crippen molar-refractivity contribution in [2.75, 3.05) is 26.2 Å². The van der Waals surface area contributed by atoms with E-state index in [1.165, 1.54) is 0 Å². The molecule has 3 N–H and O–H groups in total. The first-order valence-corrected chi connectivity index (χ1v) is 6.74. The third kappa shape index (κ3) is 4.38. The van der Waals surface area contributed by atoms with Gasteiger partial charge in [0.1, 0.15) is 0 Å². The van der Waals surface area contributed by atoms with Gasteiger partial charge in [-0.1, -0.05) is 0 Å². The van der Waals surface area contributed by atoms with Gasteiger partial charge in [-0.3, -0.25) is 4.79 Å². The van der Waals surface area contributed by atoms with Crippen molar-refractivity contribution in [3.05, 3.63) is 0 Å². The molecule has 1 saturated heterocycles. The second kappa shape index (κ2) is 6.23. The van der Waals surface area contributed by atoms with Gasteiger partial charge < -0.3 is 20.6 Å². The summed E-state index contributed by atoms with van der Waals surface area (Å²) in [4.78, 5) is 26.6. The number of carboxylic acid groups (broad SMARTS) is 1. The van der Waals surface area contributed by atoms with E-state index in [1.54, 1.807) is 9.80 Å². The van der Waals surface area contributed by atoms with E-state index in [-0.39, 0.29) is 24.5 Å². The van der Waals surface area contributed by atoms with E-state index in [2.05, 4.69) is 0 Å². The summed E-state index contributed by atoms with van der Waals surface area (Å²) in [5, 5.41) is 8.79. The zero-order valence-corrected chi connectivity index (χ0v) is 12.1. The van der Waals surface area contributed by atoms with Crippen LogP contribution in [0, 0.1) is 5.92 Å². The smallest absolute Gasteiger partial charge is 0.320 e. The topological polar surface area (TPSA) is 86.9 Å². The van der Waals surface area contributed by atoms with Gasteiger partial charge in [0.05, 0.1) is 6.42 Å². The lowest BCUT2D eigenvalue weighted by Gasteiger charge is -2.38. The first-order chi connectivity index (χ1) is 8.75. The summed E-state index contributed by atoms with van der Waals surface area (Å²) < 4.78 is 0. The highest BCUT2D eigenvalue weighted by Gasteiger charge is 2.33. The van der Waals surface area contributed by atoms with Crippen LogP contribution in [0.2, 0.25) is 0 Å². The Morgan fingerprint density at radius 3 is 2.47 bits per heavy atom. The summed E-state index contributed by atoms with van der Waals surface area (Å²) in [6.07, 6.45) is 0.899. The van der Waals surface area contributed by atoms with Crippen LogP contribution in [0.15, 0.2) is 0 Å². The van der Waals surface area contributed by atoms with E-state index in [4.69, 9.17) is 10.8 Å². The molecular formula is C13H25N3O3. The number of likely N-dealkylation sites (tertiary alicyclic amines) is 1. The first-order valence-electron chi connectivity index (χ1n) is 6.74. The molecule has 0 aliphatic carbocycles. The third-order valence-electron chi connectivity index (χ3n) is 3.48. The van der Waals surface area contributed by atoms with E-state index in [9.17, 15) is 9.59 Å². The quantitative estimate of drug-likeness (QED) is 0.797. The number of hydrogen-bond donors (Lipinski definition) is 2. The monoisotopic (exact) mass is 271 g/mol. The maximum Gasteiger partial charge on any atom is 0.320 e. The number of nitrogens with zero attached hydrogens (tertiary/aromatic N) is 2. The number of carboxylic acids is 1. The predicted octanol–water partition coefficient (Wildman–Crippen LogP) is 0.962. The van der Waals surface area contributed by atoms with Gasteiger partial charge in [-0.25, -0.2) is 4.79 Å². The highest BCUT2D eigenvalue weighted by Crippen LogP contribution is 2.21. The number of rotatable bonds is 4. The molecule has 110 valence electrons. The van der Waals surface area contributed by atoms with Gasteiger partial charge in [0.25, 0.3) is 0 Å². The Balaban J connectivity index is 2.69. The third-order valence-corrected chi connectivity index (χ3v) is 3.48. The van der Waals surface area contributed by atoms with Crippen LogP contribution in [0.1, 0.15) is 33.6 Å². The molecule has 6 nitrogen and oxygen atoms in total. The summed E-state index contributed by atoms with van der Waals surface area (Å²) in [5.74, 6) is -0.520. The van der Waals surface area contributed by atoms with Crippen LogP contribution in [0.5, 0.6) is 0 Å². The molecule has 0 aromatic rings. The molecular weight excluding hydrogens is 246 g/mol. The molecule has 0 saturated carbocycles. The molecule has 1 aliphatic rings. The maximum absolute atomic E-state index is 12.5. The molecule has 1 rings (SSSR count). The van der Waals surface area contributed by atoms with Gasteiger partial charge >= 0.3 is 12.0 Å². The Hall–Kier alpha value is -1.30. The van der Waals surface area contributed by atoms with Gasteiger partial charge in [0.15, 0.2) is 0 Å². The molecule has 6 heteroatoms. The zero-order valence-electron chi connectivity index (χ0n) is 12.1. The van der Waals surface area contributed by atoms with Crippen LogP contribution < -0.4 is 5.73 Å². The summed E-state index contributed by atoms with van der Waals surface area (Å²) in [7, 11) is 0. The Morgan fingerprint density at radius 1 is 1.42 bits per heavy atom. The Bertz CT molecular complexity index is 339. The lowest BCUT2D eigenvalue weighted by molar-refractivity contribution is -0.137. The number of urea groups is 1. The molecule has 0 aromatic heterocycles. The second-order valence-corrected chi connectivity index (χ2v) is 6.09. The van der Waals surface area contributed by atoms with Crippen LogP contribution in [0.4, 0.5) is 4.79 Å². The summed E-state index contributed by atoms with van der Waals surface area (Å²) >= 11 is 0. The van der Waals surface area contributed by atoms with E-state index in [0.29, 0.717) is 25.6 Å². The second-order valence-electron chi connectivity index (χ2n) is 6.09. The highest BCUT2D eigenvalue weighted by molar-refractivity contribution is 5.76. The van der Waals surface area contributed by atoms with E-state index >= 15 is 0 Å². The van der Waals surface area contributed by atoms with Crippen molar-refractivity contribution >= 4 is 12.0 Å². The van der Waals surface area contributed by atoms with E-state index < -0.39 is 5.97 Å². The lowest BCUT2D eigenvalue weighted by Crippen LogP contribution is -2.52. The molecule has 1 unspecified atom stereocenters. The molecule has 1 fully saturated rings. The molecule has 0 bridgehead atoms. The molecule has 0 spiro atoms. The molecule has 19 heavy (non-hydrogen) atoms. The van der Waals surface area contributed by atoms with Gasteiger partial charge in [-0.05, 0) is 39.7 Å². The van der Waals surface area contributed by atoms with Crippen molar-refractivity contribution in [1.82, 2.24) is 9.80 Å². The predicted molar refractivity (Wildman–Crippen MR) is 72.8 cm³/mol. The van der Waals surface area contributed by atoms with Gasteiger partial charge in [-0.2, -0.15) is 0 Å². The standard InChI is InChI=1S/C13H25N3O3/c1-13(2,3)16(7-5-11(17)18)12(19)15-6-4-10(8-14)9-15/h10H,4-9,14H2,1-3H3,(H,17,18). The van der Waals surface area contributed by atoms with Crippen LogP contribution in [0.3, 0.4) is 0 Å². The minimum atomic E-state index is -0.886. The first kappa shape index (κ1) is 15.8. The summed E-state index contributed by atoms with van der Waals surface area (Å²) in [6, 6.07) is -0.0790. The van der Waals surface area contributed by atoms with Crippen molar-refractivity contribution in [3.8, 4) is 0 Å². The average molecular weight is 271 g/mol. The largest absolute Gasteiger partial charge is 0.481 e. The molecule has 2 amide bonds. The normalized spacial score (nSPS) is 19.6. The SMILES string of the molecule is CC(C)(C)N(CCC(=O)O)C(=O)N1CCC(CN)C1. The number of aliphatic carboxylic acids is 1.